The monoisotopic (exact) mass is 405 g/mol. The van der Waals surface area contributed by atoms with E-state index in [0.717, 1.165) is 13.1 Å². The molecule has 0 bridgehead atoms. The van der Waals surface area contributed by atoms with Gasteiger partial charge in [-0.15, -0.1) is 11.3 Å². The van der Waals surface area contributed by atoms with Gasteiger partial charge in [0.25, 0.3) is 5.69 Å². The third-order valence-electron chi connectivity index (χ3n) is 2.64. The highest BCUT2D eigenvalue weighted by atomic mass is 79.9. The first-order valence-corrected chi connectivity index (χ1v) is 7.74. The molecule has 0 aliphatic rings. The van der Waals surface area contributed by atoms with Gasteiger partial charge in [0.15, 0.2) is 0 Å². The van der Waals surface area contributed by atoms with E-state index in [1.807, 2.05) is 6.07 Å². The van der Waals surface area contributed by atoms with Crippen molar-refractivity contribution in [2.24, 2.45) is 0 Å². The molecule has 4 nitrogen and oxygen atoms in total. The van der Waals surface area contributed by atoms with Crippen molar-refractivity contribution >= 4 is 48.9 Å². The first-order valence-electron chi connectivity index (χ1n) is 5.34. The van der Waals surface area contributed by atoms with Crippen molar-refractivity contribution < 1.29 is 10.0 Å². The molecule has 0 saturated carbocycles. The second kappa shape index (κ2) is 6.13. The Bertz CT molecular complexity index is 615. The zero-order valence-electron chi connectivity index (χ0n) is 9.55. The van der Waals surface area contributed by atoms with E-state index < -0.39 is 11.0 Å². The molecule has 2 rings (SSSR count). The maximum Gasteiger partial charge on any atom is 0.272 e. The van der Waals surface area contributed by atoms with E-state index in [2.05, 4.69) is 31.9 Å². The molecule has 0 fully saturated rings. The Morgan fingerprint density at radius 3 is 2.63 bits per heavy atom. The van der Waals surface area contributed by atoms with Crippen LogP contribution in [0.25, 0.3) is 0 Å². The van der Waals surface area contributed by atoms with Gasteiger partial charge in [-0.1, -0.05) is 18.2 Å². The maximum absolute atomic E-state index is 10.9. The molecule has 0 spiro atoms. The summed E-state index contributed by atoms with van der Waals surface area (Å²) in [6.45, 7) is 0. The van der Waals surface area contributed by atoms with Crippen LogP contribution in [-0.4, -0.2) is 10.0 Å². The van der Waals surface area contributed by atoms with Gasteiger partial charge in [0, 0.05) is 23.6 Å². The van der Waals surface area contributed by atoms with Gasteiger partial charge in [0.2, 0.25) is 0 Å². The van der Waals surface area contributed by atoms with Crippen molar-refractivity contribution in [3.63, 3.8) is 0 Å². The molecule has 0 saturated heterocycles. The number of nitro groups is 1. The van der Waals surface area contributed by atoms with Crippen molar-refractivity contribution in [3.8, 4) is 0 Å². The number of para-hydroxylation sites is 1. The van der Waals surface area contributed by atoms with Crippen LogP contribution in [0.5, 0.6) is 0 Å². The van der Waals surface area contributed by atoms with Crippen LogP contribution >= 0.6 is 43.2 Å². The number of hydrogen-bond donors (Lipinski definition) is 1. The minimum atomic E-state index is -0.780. The molecule has 0 aliphatic heterocycles. The molecule has 0 radical (unpaired) electrons. The van der Waals surface area contributed by atoms with Crippen molar-refractivity contribution in [1.29, 1.82) is 0 Å². The van der Waals surface area contributed by atoms with Crippen molar-refractivity contribution in [2.75, 3.05) is 0 Å². The lowest BCUT2D eigenvalue weighted by atomic mass is 10.0. The Balaban J connectivity index is 2.26. The Morgan fingerprint density at radius 2 is 2.05 bits per heavy atom. The Hall–Kier alpha value is -0.760. The molecule has 2 aromatic rings. The highest BCUT2D eigenvalue weighted by Gasteiger charge is 2.20. The second-order valence-corrected chi connectivity index (χ2v) is 7.63. The number of aliphatic hydroxyl groups is 1. The van der Waals surface area contributed by atoms with E-state index in [9.17, 15) is 15.2 Å². The first-order chi connectivity index (χ1) is 8.99. The number of benzene rings is 1. The number of nitrogens with zero attached hydrogens (tertiary/aromatic N) is 1. The van der Waals surface area contributed by atoms with Crippen LogP contribution in [0.3, 0.4) is 0 Å². The first kappa shape index (κ1) is 14.6. The molecule has 1 heterocycles. The van der Waals surface area contributed by atoms with Gasteiger partial charge in [-0.05, 0) is 37.9 Å². The molecule has 0 amide bonds. The van der Waals surface area contributed by atoms with Gasteiger partial charge in [-0.3, -0.25) is 10.1 Å². The number of aliphatic hydroxyl groups excluding tert-OH is 1. The van der Waals surface area contributed by atoms with Crippen LogP contribution in [0.4, 0.5) is 5.69 Å². The van der Waals surface area contributed by atoms with Crippen molar-refractivity contribution in [2.45, 2.75) is 12.5 Å². The summed E-state index contributed by atoms with van der Waals surface area (Å²) in [7, 11) is 0. The quantitative estimate of drug-likeness (QED) is 0.602. The SMILES string of the molecule is O=[N+]([O-])c1ccccc1CC(O)c1cc(Br)sc1Br. The molecular weight excluding hydrogens is 398 g/mol. The fourth-order valence-corrected chi connectivity index (χ4v) is 4.72. The summed E-state index contributed by atoms with van der Waals surface area (Å²) in [6.07, 6.45) is -0.572. The summed E-state index contributed by atoms with van der Waals surface area (Å²) in [5.74, 6) is 0. The lowest BCUT2D eigenvalue weighted by Crippen LogP contribution is -2.03. The highest BCUT2D eigenvalue weighted by molar-refractivity contribution is 9.12. The van der Waals surface area contributed by atoms with Gasteiger partial charge in [-0.25, -0.2) is 0 Å². The predicted molar refractivity (Wildman–Crippen MR) is 81.5 cm³/mol. The van der Waals surface area contributed by atoms with Crippen LogP contribution in [0.2, 0.25) is 0 Å². The van der Waals surface area contributed by atoms with E-state index in [1.54, 1.807) is 18.2 Å². The number of nitro benzene ring substituents is 1. The van der Waals surface area contributed by atoms with Gasteiger partial charge in [0.1, 0.15) is 0 Å². The average Bonchev–Trinajstić information content (AvgIpc) is 2.69. The maximum atomic E-state index is 10.9. The molecule has 1 aromatic heterocycles. The third-order valence-corrected chi connectivity index (χ3v) is 5.03. The van der Waals surface area contributed by atoms with Crippen LogP contribution in [0, 0.1) is 10.1 Å². The zero-order chi connectivity index (χ0) is 14.0. The Morgan fingerprint density at radius 1 is 1.37 bits per heavy atom. The van der Waals surface area contributed by atoms with Crippen molar-refractivity contribution in [3.05, 3.63) is 59.1 Å². The fraction of sp³-hybridized carbons (Fsp3) is 0.167. The molecular formula is C12H9Br2NO3S. The zero-order valence-corrected chi connectivity index (χ0v) is 13.5. The summed E-state index contributed by atoms with van der Waals surface area (Å²) in [4.78, 5) is 10.5. The van der Waals surface area contributed by atoms with E-state index in [4.69, 9.17) is 0 Å². The molecule has 1 N–H and O–H groups in total. The molecule has 1 atom stereocenters. The van der Waals surface area contributed by atoms with E-state index in [1.165, 1.54) is 17.4 Å². The lowest BCUT2D eigenvalue weighted by molar-refractivity contribution is -0.385. The Kier molecular flexibility index (Phi) is 4.72. The summed E-state index contributed by atoms with van der Waals surface area (Å²) in [6, 6.07) is 8.27. The molecule has 1 aromatic carbocycles. The summed E-state index contributed by atoms with van der Waals surface area (Å²) in [5.41, 5.74) is 1.29. The molecule has 0 aliphatic carbocycles. The largest absolute Gasteiger partial charge is 0.388 e. The van der Waals surface area contributed by atoms with Crippen LogP contribution < -0.4 is 0 Å². The van der Waals surface area contributed by atoms with Crippen LogP contribution in [-0.2, 0) is 6.42 Å². The molecule has 7 heteroatoms. The van der Waals surface area contributed by atoms with Crippen LogP contribution in [0.1, 0.15) is 17.2 Å². The van der Waals surface area contributed by atoms with Gasteiger partial charge in [-0.2, -0.15) is 0 Å². The van der Waals surface area contributed by atoms with Crippen molar-refractivity contribution in [1.82, 2.24) is 0 Å². The molecule has 19 heavy (non-hydrogen) atoms. The van der Waals surface area contributed by atoms with Gasteiger partial charge < -0.3 is 5.11 Å². The molecule has 1 unspecified atom stereocenters. The number of halogens is 2. The minimum absolute atomic E-state index is 0.0342. The van der Waals surface area contributed by atoms with Crippen LogP contribution in [0.15, 0.2) is 37.9 Å². The standard InChI is InChI=1S/C12H9Br2NO3S/c13-11-6-8(12(14)19-11)10(16)5-7-3-1-2-4-9(7)15(17)18/h1-4,6,10,16H,5H2. The third kappa shape index (κ3) is 3.42. The highest BCUT2D eigenvalue weighted by Crippen LogP contribution is 2.37. The number of rotatable bonds is 4. The number of hydrogen-bond acceptors (Lipinski definition) is 4. The second-order valence-electron chi connectivity index (χ2n) is 3.89. The predicted octanol–water partition coefficient (Wildman–Crippen LogP) is 4.46. The summed E-state index contributed by atoms with van der Waals surface area (Å²) >= 11 is 8.17. The smallest absolute Gasteiger partial charge is 0.272 e. The van der Waals surface area contributed by atoms with E-state index in [-0.39, 0.29) is 12.1 Å². The number of thiophene rings is 1. The van der Waals surface area contributed by atoms with E-state index in [0.29, 0.717) is 5.56 Å². The summed E-state index contributed by atoms with van der Waals surface area (Å²) in [5, 5.41) is 21.1. The van der Waals surface area contributed by atoms with Gasteiger partial charge >= 0.3 is 0 Å². The van der Waals surface area contributed by atoms with E-state index >= 15 is 0 Å². The average molecular weight is 407 g/mol. The normalized spacial score (nSPS) is 12.4. The fourth-order valence-electron chi connectivity index (χ4n) is 1.76. The minimum Gasteiger partial charge on any atom is -0.388 e. The lowest BCUT2D eigenvalue weighted by Gasteiger charge is -2.10. The Labute approximate surface area is 130 Å². The summed E-state index contributed by atoms with van der Waals surface area (Å²) < 4.78 is 1.72. The van der Waals surface area contributed by atoms with Gasteiger partial charge in [0.05, 0.1) is 18.6 Å². The topological polar surface area (TPSA) is 63.4 Å². The molecule has 100 valence electrons.